The van der Waals surface area contributed by atoms with Gasteiger partial charge in [-0.15, -0.1) is 0 Å². The van der Waals surface area contributed by atoms with Gasteiger partial charge in [0.25, 0.3) is 0 Å². The third kappa shape index (κ3) is 8.04. The number of para-hydroxylation sites is 1. The molecular formula is C50H48N2O2. The van der Waals surface area contributed by atoms with Crippen molar-refractivity contribution >= 4 is 34.1 Å². The van der Waals surface area contributed by atoms with Crippen LogP contribution in [-0.4, -0.2) is 10.2 Å². The molecule has 0 aromatic heterocycles. The quantitative estimate of drug-likeness (QED) is 0.118. The third-order valence-electron chi connectivity index (χ3n) is 9.98. The molecule has 0 aliphatic carbocycles. The van der Waals surface area contributed by atoms with Crippen molar-refractivity contribution in [2.75, 3.05) is 9.80 Å². The van der Waals surface area contributed by atoms with Crippen LogP contribution in [0.1, 0.15) is 50.7 Å². The molecule has 4 nitrogen and oxygen atoms in total. The predicted molar refractivity (Wildman–Crippen MR) is 227 cm³/mol. The molecular weight excluding hydrogens is 661 g/mol. The Morgan fingerprint density at radius 2 is 0.889 bits per heavy atom. The fourth-order valence-corrected chi connectivity index (χ4v) is 7.24. The van der Waals surface area contributed by atoms with E-state index in [0.29, 0.717) is 0 Å². The van der Waals surface area contributed by atoms with Crippen LogP contribution in [0.3, 0.4) is 0 Å². The monoisotopic (exact) mass is 708 g/mol. The summed E-state index contributed by atoms with van der Waals surface area (Å²) in [5.74, 6) is 0.380. The number of nitrogens with zero attached hydrogens (tertiary/aromatic N) is 2. The topological polar surface area (TPSA) is 46.9 Å². The minimum absolute atomic E-state index is 0.188. The lowest BCUT2D eigenvalue weighted by molar-refractivity contribution is 0.475. The third-order valence-corrected chi connectivity index (χ3v) is 9.98. The molecule has 0 amide bonds. The maximum atomic E-state index is 11.0. The predicted octanol–water partition coefficient (Wildman–Crippen LogP) is 14.1. The number of aromatic hydroxyl groups is 2. The van der Waals surface area contributed by atoms with Crippen molar-refractivity contribution in [1.29, 1.82) is 0 Å². The molecule has 2 N–H and O–H groups in total. The molecule has 0 saturated heterocycles. The zero-order valence-electron chi connectivity index (χ0n) is 31.2. The molecule has 0 bridgehead atoms. The Morgan fingerprint density at radius 1 is 0.407 bits per heavy atom. The highest BCUT2D eigenvalue weighted by atomic mass is 16.3. The largest absolute Gasteiger partial charge is 0.508 e. The number of hydrogen-bond acceptors (Lipinski definition) is 4. The van der Waals surface area contributed by atoms with Crippen LogP contribution in [-0.2, 0) is 12.8 Å². The number of hydrogen-bond donors (Lipinski definition) is 2. The lowest BCUT2D eigenvalue weighted by atomic mass is 9.92. The molecule has 0 aliphatic heterocycles. The Morgan fingerprint density at radius 3 is 1.44 bits per heavy atom. The molecule has 7 aromatic rings. The van der Waals surface area contributed by atoms with Crippen molar-refractivity contribution in [3.05, 3.63) is 181 Å². The van der Waals surface area contributed by atoms with Crippen molar-refractivity contribution in [1.82, 2.24) is 0 Å². The minimum atomic E-state index is 0.188. The van der Waals surface area contributed by atoms with E-state index in [2.05, 4.69) is 145 Å². The van der Waals surface area contributed by atoms with Crippen LogP contribution < -0.4 is 9.80 Å². The van der Waals surface area contributed by atoms with E-state index in [0.717, 1.165) is 94.9 Å². The summed E-state index contributed by atoms with van der Waals surface area (Å²) in [4.78, 5) is 4.50. The summed E-state index contributed by atoms with van der Waals surface area (Å²) in [5.41, 5.74) is 12.4. The van der Waals surface area contributed by atoms with Crippen LogP contribution in [0.25, 0.3) is 22.3 Å². The van der Waals surface area contributed by atoms with E-state index >= 15 is 0 Å². The summed E-state index contributed by atoms with van der Waals surface area (Å²) in [6.45, 7) is 4.44. The van der Waals surface area contributed by atoms with Crippen molar-refractivity contribution in [3.8, 4) is 33.8 Å². The fourth-order valence-electron chi connectivity index (χ4n) is 7.24. The molecule has 0 heterocycles. The van der Waals surface area contributed by atoms with Crippen LogP contribution in [0, 0.1) is 0 Å². The van der Waals surface area contributed by atoms with Gasteiger partial charge in [-0.1, -0.05) is 130 Å². The molecule has 7 rings (SSSR count). The molecule has 0 saturated carbocycles. The average molecular weight is 709 g/mol. The number of rotatable bonds is 14. The summed E-state index contributed by atoms with van der Waals surface area (Å²) in [6.07, 6.45) is 6.60. The Labute approximate surface area is 320 Å². The fraction of sp³-hybridized carbons (Fsp3) is 0.160. The second kappa shape index (κ2) is 17.0. The van der Waals surface area contributed by atoms with Crippen LogP contribution >= 0.6 is 0 Å². The normalized spacial score (nSPS) is 11.0. The highest BCUT2D eigenvalue weighted by Crippen LogP contribution is 2.52. The van der Waals surface area contributed by atoms with Crippen molar-refractivity contribution in [2.24, 2.45) is 0 Å². The Balaban J connectivity index is 1.55. The first-order chi connectivity index (χ1) is 26.5. The smallest absolute Gasteiger partial charge is 0.117 e. The summed E-state index contributed by atoms with van der Waals surface area (Å²) in [5, 5.41) is 21.8. The highest BCUT2D eigenvalue weighted by Gasteiger charge is 2.27. The first kappa shape index (κ1) is 36.1. The molecule has 0 spiro atoms. The lowest BCUT2D eigenvalue weighted by Crippen LogP contribution is -2.18. The second-order valence-electron chi connectivity index (χ2n) is 13.8. The van der Waals surface area contributed by atoms with E-state index in [1.54, 1.807) is 12.1 Å². The minimum Gasteiger partial charge on any atom is -0.508 e. The van der Waals surface area contributed by atoms with E-state index in [4.69, 9.17) is 0 Å². The second-order valence-corrected chi connectivity index (χ2v) is 13.8. The van der Waals surface area contributed by atoms with E-state index in [1.807, 2.05) is 36.4 Å². The van der Waals surface area contributed by atoms with Crippen molar-refractivity contribution in [3.63, 3.8) is 0 Å². The average Bonchev–Trinajstić information content (AvgIpc) is 3.21. The number of unbranched alkanes of at least 4 members (excludes halogenated alkanes) is 2. The molecule has 4 heteroatoms. The Bertz CT molecular complexity index is 2280. The standard InChI is InChI=1S/C50H48N2O2/c1-3-5-15-37-27-31-40(32-28-37)51(42-19-12-21-44(53)35-42)49-26-14-25-48(47-24-11-10-23-46(47)39-17-8-7-9-18-39)50(49)52(43-20-13-22-45(54)36-43)41-33-29-38(30-34-41)16-6-4-2/h7-14,17-36,53-54H,3-6,15-16H2,1-2H3. The number of aryl methyl sites for hydroxylation is 2. The Hall–Kier alpha value is -6.26. The summed E-state index contributed by atoms with van der Waals surface area (Å²) >= 11 is 0. The van der Waals surface area contributed by atoms with Crippen LogP contribution in [0.5, 0.6) is 11.5 Å². The number of anilines is 6. The SMILES string of the molecule is CCCCc1ccc(N(c2cccc(O)c2)c2cccc(-c3ccccc3-c3ccccc3)c2N(c2ccc(CCCC)cc2)c2cccc(O)c2)cc1. The first-order valence-corrected chi connectivity index (χ1v) is 19.2. The lowest BCUT2D eigenvalue weighted by Gasteiger charge is -2.35. The maximum absolute atomic E-state index is 11.0. The van der Waals surface area contributed by atoms with Gasteiger partial charge in [0.05, 0.1) is 11.4 Å². The van der Waals surface area contributed by atoms with Gasteiger partial charge in [-0.25, -0.2) is 0 Å². The van der Waals surface area contributed by atoms with Gasteiger partial charge in [-0.2, -0.15) is 0 Å². The maximum Gasteiger partial charge on any atom is 0.117 e. The van der Waals surface area contributed by atoms with Crippen LogP contribution in [0.2, 0.25) is 0 Å². The molecule has 54 heavy (non-hydrogen) atoms. The zero-order valence-corrected chi connectivity index (χ0v) is 31.2. The highest BCUT2D eigenvalue weighted by molar-refractivity contribution is 6.02. The zero-order chi connectivity index (χ0) is 37.3. The van der Waals surface area contributed by atoms with Gasteiger partial charge in [0.1, 0.15) is 11.5 Å². The molecule has 0 fully saturated rings. The molecule has 270 valence electrons. The summed E-state index contributed by atoms with van der Waals surface area (Å²) in [7, 11) is 0. The molecule has 0 aliphatic rings. The van der Waals surface area contributed by atoms with E-state index in [-0.39, 0.29) is 11.5 Å². The Kier molecular flexibility index (Phi) is 11.4. The number of phenols is 2. The van der Waals surface area contributed by atoms with E-state index in [1.165, 1.54) is 11.1 Å². The molecule has 0 radical (unpaired) electrons. The van der Waals surface area contributed by atoms with Gasteiger partial charge in [0.2, 0.25) is 0 Å². The first-order valence-electron chi connectivity index (χ1n) is 19.2. The summed E-state index contributed by atoms with van der Waals surface area (Å²) in [6, 6.07) is 58.2. The molecule has 0 atom stereocenters. The van der Waals surface area contributed by atoms with E-state index in [9.17, 15) is 10.2 Å². The number of benzene rings is 7. The van der Waals surface area contributed by atoms with Gasteiger partial charge < -0.3 is 20.0 Å². The van der Waals surface area contributed by atoms with Crippen LogP contribution in [0.4, 0.5) is 34.1 Å². The van der Waals surface area contributed by atoms with Gasteiger partial charge in [-0.05, 0) is 108 Å². The molecule has 0 unspecified atom stereocenters. The molecule has 7 aromatic carbocycles. The van der Waals surface area contributed by atoms with Gasteiger partial charge in [0, 0.05) is 40.4 Å². The van der Waals surface area contributed by atoms with Crippen molar-refractivity contribution < 1.29 is 10.2 Å². The van der Waals surface area contributed by atoms with Crippen molar-refractivity contribution in [2.45, 2.75) is 52.4 Å². The van der Waals surface area contributed by atoms with Gasteiger partial charge in [-0.3, -0.25) is 0 Å². The van der Waals surface area contributed by atoms with Gasteiger partial charge in [0.15, 0.2) is 0 Å². The number of phenolic OH excluding ortho intramolecular Hbond substituents is 2. The van der Waals surface area contributed by atoms with E-state index < -0.39 is 0 Å². The van der Waals surface area contributed by atoms with Gasteiger partial charge >= 0.3 is 0 Å². The van der Waals surface area contributed by atoms with Crippen LogP contribution in [0.15, 0.2) is 170 Å². The summed E-state index contributed by atoms with van der Waals surface area (Å²) < 4.78 is 0.